The molecule has 0 aliphatic heterocycles. The summed E-state index contributed by atoms with van der Waals surface area (Å²) in [7, 11) is 0. The Labute approximate surface area is 121 Å². The minimum Gasteiger partial charge on any atom is -0.393 e. The molecule has 1 aromatic rings. The van der Waals surface area contributed by atoms with Crippen molar-refractivity contribution in [3.05, 3.63) is 20.8 Å². The SMILES string of the molecule is CC(O)CC(C)(C)CNC(=O)Cc1ccc(Br)s1. The summed E-state index contributed by atoms with van der Waals surface area (Å²) in [6.07, 6.45) is 0.754. The van der Waals surface area contributed by atoms with Gasteiger partial charge in [-0.3, -0.25) is 4.79 Å². The van der Waals surface area contributed by atoms with Gasteiger partial charge in [0.25, 0.3) is 0 Å². The molecule has 0 bridgehead atoms. The minimum atomic E-state index is -0.342. The normalized spacial score (nSPS) is 13.4. The lowest BCUT2D eigenvalue weighted by Gasteiger charge is -2.26. The summed E-state index contributed by atoms with van der Waals surface area (Å²) in [5, 5.41) is 12.3. The van der Waals surface area contributed by atoms with Crippen molar-refractivity contribution in [2.75, 3.05) is 6.54 Å². The molecule has 1 unspecified atom stereocenters. The van der Waals surface area contributed by atoms with Gasteiger partial charge in [-0.1, -0.05) is 13.8 Å². The van der Waals surface area contributed by atoms with E-state index in [9.17, 15) is 9.90 Å². The van der Waals surface area contributed by atoms with E-state index in [1.54, 1.807) is 18.3 Å². The number of thiophene rings is 1. The van der Waals surface area contributed by atoms with Crippen LogP contribution < -0.4 is 5.32 Å². The third-order valence-corrected chi connectivity index (χ3v) is 4.20. The second-order valence-electron chi connectivity index (χ2n) is 5.38. The fraction of sp³-hybridized carbons (Fsp3) is 0.615. The first-order valence-corrected chi connectivity index (χ1v) is 7.58. The first-order valence-electron chi connectivity index (χ1n) is 5.97. The topological polar surface area (TPSA) is 49.3 Å². The highest BCUT2D eigenvalue weighted by Gasteiger charge is 2.21. The van der Waals surface area contributed by atoms with Crippen molar-refractivity contribution >= 4 is 33.2 Å². The molecule has 0 radical (unpaired) electrons. The maximum absolute atomic E-state index is 11.8. The molecule has 0 aliphatic carbocycles. The number of hydrogen-bond acceptors (Lipinski definition) is 3. The molecular weight excluding hydrogens is 314 g/mol. The second kappa shape index (κ2) is 6.68. The van der Waals surface area contributed by atoms with Gasteiger partial charge in [-0.25, -0.2) is 0 Å². The number of nitrogens with one attached hydrogen (secondary N) is 1. The summed E-state index contributed by atoms with van der Waals surface area (Å²) in [6, 6.07) is 3.90. The molecule has 1 aromatic heterocycles. The van der Waals surface area contributed by atoms with Crippen LogP contribution in [0.2, 0.25) is 0 Å². The van der Waals surface area contributed by atoms with Gasteiger partial charge in [0.1, 0.15) is 0 Å². The van der Waals surface area contributed by atoms with Gasteiger partial charge in [-0.2, -0.15) is 0 Å². The van der Waals surface area contributed by atoms with Crippen molar-refractivity contribution < 1.29 is 9.90 Å². The lowest BCUT2D eigenvalue weighted by molar-refractivity contribution is -0.120. The van der Waals surface area contributed by atoms with Crippen molar-refractivity contribution in [2.45, 2.75) is 39.7 Å². The third kappa shape index (κ3) is 5.98. The first kappa shape index (κ1) is 15.7. The van der Waals surface area contributed by atoms with Gasteiger partial charge in [0, 0.05) is 11.4 Å². The van der Waals surface area contributed by atoms with Crippen LogP contribution in [0.1, 0.15) is 32.1 Å². The maximum Gasteiger partial charge on any atom is 0.225 e. The molecule has 0 fully saturated rings. The average molecular weight is 334 g/mol. The van der Waals surface area contributed by atoms with Crippen LogP contribution in [0.3, 0.4) is 0 Å². The molecule has 0 saturated carbocycles. The molecule has 2 N–H and O–H groups in total. The fourth-order valence-electron chi connectivity index (χ4n) is 1.88. The standard InChI is InChI=1S/C13H20BrNO2S/c1-9(16)7-13(2,3)8-15-12(17)6-10-4-5-11(14)18-10/h4-5,9,16H,6-8H2,1-3H3,(H,15,17). The summed E-state index contributed by atoms with van der Waals surface area (Å²) in [5.74, 6) is 0.0306. The molecule has 5 heteroatoms. The van der Waals surface area contributed by atoms with Gasteiger partial charge in [0.2, 0.25) is 5.91 Å². The molecule has 1 heterocycles. The minimum absolute atomic E-state index is 0.0306. The molecular formula is C13H20BrNO2S. The number of aliphatic hydroxyl groups excluding tert-OH is 1. The Hall–Kier alpha value is -0.390. The van der Waals surface area contributed by atoms with Crippen LogP contribution in [0.25, 0.3) is 0 Å². The van der Waals surface area contributed by atoms with E-state index in [0.717, 1.165) is 8.66 Å². The predicted molar refractivity (Wildman–Crippen MR) is 78.8 cm³/mol. The van der Waals surface area contributed by atoms with Crippen LogP contribution in [0.4, 0.5) is 0 Å². The van der Waals surface area contributed by atoms with Gasteiger partial charge < -0.3 is 10.4 Å². The molecule has 0 aliphatic rings. The van der Waals surface area contributed by atoms with Crippen LogP contribution in [0.15, 0.2) is 15.9 Å². The van der Waals surface area contributed by atoms with E-state index in [2.05, 4.69) is 21.2 Å². The summed E-state index contributed by atoms with van der Waals surface area (Å²) in [5.41, 5.74) is -0.0835. The molecule has 1 rings (SSSR count). The zero-order valence-corrected chi connectivity index (χ0v) is 13.4. The number of hydrogen-bond donors (Lipinski definition) is 2. The summed E-state index contributed by atoms with van der Waals surface area (Å²) in [6.45, 7) is 6.44. The number of halogens is 1. The number of rotatable bonds is 6. The second-order valence-corrected chi connectivity index (χ2v) is 7.92. The summed E-state index contributed by atoms with van der Waals surface area (Å²) in [4.78, 5) is 12.8. The van der Waals surface area contributed by atoms with Crippen molar-refractivity contribution in [1.82, 2.24) is 5.32 Å². The van der Waals surface area contributed by atoms with Gasteiger partial charge in [-0.15, -0.1) is 11.3 Å². The van der Waals surface area contributed by atoms with Crippen molar-refractivity contribution in [2.24, 2.45) is 5.41 Å². The van der Waals surface area contributed by atoms with E-state index in [1.807, 2.05) is 26.0 Å². The van der Waals surface area contributed by atoms with E-state index < -0.39 is 0 Å². The molecule has 3 nitrogen and oxygen atoms in total. The van der Waals surface area contributed by atoms with Gasteiger partial charge >= 0.3 is 0 Å². The zero-order chi connectivity index (χ0) is 13.8. The highest BCUT2D eigenvalue weighted by Crippen LogP contribution is 2.23. The Kier molecular flexibility index (Phi) is 5.82. The van der Waals surface area contributed by atoms with Crippen molar-refractivity contribution in [3.63, 3.8) is 0 Å². The third-order valence-electron chi connectivity index (χ3n) is 2.58. The van der Waals surface area contributed by atoms with Crippen molar-refractivity contribution in [3.8, 4) is 0 Å². The predicted octanol–water partition coefficient (Wildman–Crippen LogP) is 2.97. The Morgan fingerprint density at radius 2 is 2.22 bits per heavy atom. The highest BCUT2D eigenvalue weighted by atomic mass is 79.9. The smallest absolute Gasteiger partial charge is 0.225 e. The van der Waals surface area contributed by atoms with E-state index in [-0.39, 0.29) is 17.4 Å². The quantitative estimate of drug-likeness (QED) is 0.840. The maximum atomic E-state index is 11.8. The van der Waals surface area contributed by atoms with Crippen LogP contribution in [-0.2, 0) is 11.2 Å². The van der Waals surface area contributed by atoms with E-state index in [0.29, 0.717) is 19.4 Å². The largest absolute Gasteiger partial charge is 0.393 e. The molecule has 0 saturated heterocycles. The lowest BCUT2D eigenvalue weighted by Crippen LogP contribution is -2.36. The monoisotopic (exact) mass is 333 g/mol. The van der Waals surface area contributed by atoms with E-state index >= 15 is 0 Å². The summed E-state index contributed by atoms with van der Waals surface area (Å²) < 4.78 is 1.04. The number of aliphatic hydroxyl groups is 1. The Balaban J connectivity index is 2.37. The lowest BCUT2D eigenvalue weighted by atomic mass is 9.87. The summed E-state index contributed by atoms with van der Waals surface area (Å²) >= 11 is 4.95. The van der Waals surface area contributed by atoms with Crippen LogP contribution in [0.5, 0.6) is 0 Å². The number of carbonyl (C=O) groups is 1. The molecule has 102 valence electrons. The molecule has 18 heavy (non-hydrogen) atoms. The fourth-order valence-corrected chi connectivity index (χ4v) is 3.36. The molecule has 0 spiro atoms. The van der Waals surface area contributed by atoms with Crippen LogP contribution in [0, 0.1) is 5.41 Å². The van der Waals surface area contributed by atoms with Crippen LogP contribution in [-0.4, -0.2) is 23.7 Å². The van der Waals surface area contributed by atoms with Crippen molar-refractivity contribution in [1.29, 1.82) is 0 Å². The Morgan fingerprint density at radius 3 is 2.72 bits per heavy atom. The first-order chi connectivity index (χ1) is 8.28. The van der Waals surface area contributed by atoms with Gasteiger partial charge in [-0.05, 0) is 46.8 Å². The molecule has 1 amide bonds. The number of carbonyl (C=O) groups excluding carboxylic acids is 1. The van der Waals surface area contributed by atoms with E-state index in [4.69, 9.17) is 0 Å². The molecule has 1 atom stereocenters. The highest BCUT2D eigenvalue weighted by molar-refractivity contribution is 9.11. The number of amides is 1. The van der Waals surface area contributed by atoms with Crippen LogP contribution >= 0.6 is 27.3 Å². The van der Waals surface area contributed by atoms with Gasteiger partial charge in [0.15, 0.2) is 0 Å². The zero-order valence-electron chi connectivity index (χ0n) is 11.0. The van der Waals surface area contributed by atoms with Gasteiger partial charge in [0.05, 0.1) is 16.3 Å². The Morgan fingerprint density at radius 1 is 1.56 bits per heavy atom. The van der Waals surface area contributed by atoms with E-state index in [1.165, 1.54) is 0 Å². The average Bonchev–Trinajstić information content (AvgIpc) is 2.59. The molecule has 0 aromatic carbocycles. The Bertz CT molecular complexity index is 401.